The lowest BCUT2D eigenvalue weighted by atomic mass is 10.1. The molecule has 0 saturated heterocycles. The summed E-state index contributed by atoms with van der Waals surface area (Å²) in [6, 6.07) is 10.9. The van der Waals surface area contributed by atoms with Gasteiger partial charge in [0.05, 0.1) is 8.07 Å². The Morgan fingerprint density at radius 1 is 1.20 bits per heavy atom. The van der Waals surface area contributed by atoms with Crippen LogP contribution in [0, 0.1) is 11.8 Å². The van der Waals surface area contributed by atoms with Crippen molar-refractivity contribution in [1.82, 2.24) is 0 Å². The molecule has 112 valence electrons. The van der Waals surface area contributed by atoms with Gasteiger partial charge in [0.15, 0.2) is 0 Å². The zero-order valence-electron chi connectivity index (χ0n) is 13.3. The van der Waals surface area contributed by atoms with Crippen molar-refractivity contribution in [3.05, 3.63) is 30.3 Å². The van der Waals surface area contributed by atoms with Gasteiger partial charge in [0.25, 0.3) is 0 Å². The predicted molar refractivity (Wildman–Crippen MR) is 90.1 cm³/mol. The van der Waals surface area contributed by atoms with Crippen molar-refractivity contribution in [3.8, 4) is 0 Å². The van der Waals surface area contributed by atoms with Crippen LogP contribution in [0.5, 0.6) is 0 Å². The van der Waals surface area contributed by atoms with Gasteiger partial charge in [0, 0.05) is 6.61 Å². The Kier molecular flexibility index (Phi) is 5.45. The molecule has 1 nitrogen and oxygen atoms in total. The lowest BCUT2D eigenvalue weighted by Crippen LogP contribution is -2.48. The summed E-state index contributed by atoms with van der Waals surface area (Å²) in [5, 5.41) is 11.5. The van der Waals surface area contributed by atoms with E-state index in [0.29, 0.717) is 12.1 Å². The first-order valence-corrected chi connectivity index (χ1v) is 11.3. The molecule has 1 aliphatic carbocycles. The molecule has 20 heavy (non-hydrogen) atoms. The summed E-state index contributed by atoms with van der Waals surface area (Å²) in [4.78, 5) is 0. The van der Waals surface area contributed by atoms with Crippen LogP contribution >= 0.6 is 0 Å². The van der Waals surface area contributed by atoms with Crippen LogP contribution in [-0.2, 0) is 0 Å². The van der Waals surface area contributed by atoms with Crippen molar-refractivity contribution in [2.45, 2.75) is 57.7 Å². The number of unbranched alkanes of at least 4 members (excludes halogenated alkanes) is 2. The highest BCUT2D eigenvalue weighted by molar-refractivity contribution is 6.91. The van der Waals surface area contributed by atoms with Crippen LogP contribution in [0.1, 0.15) is 39.0 Å². The third-order valence-electron chi connectivity index (χ3n) is 5.31. The fraction of sp³-hybridized carbons (Fsp3) is 0.667. The summed E-state index contributed by atoms with van der Waals surface area (Å²) >= 11 is 0. The lowest BCUT2D eigenvalue weighted by Gasteiger charge is -2.32. The van der Waals surface area contributed by atoms with Crippen LogP contribution in [0.3, 0.4) is 0 Å². The molecule has 2 rings (SSSR count). The van der Waals surface area contributed by atoms with Gasteiger partial charge in [-0.25, -0.2) is 0 Å². The molecule has 1 fully saturated rings. The van der Waals surface area contributed by atoms with Gasteiger partial charge in [0.2, 0.25) is 0 Å². The topological polar surface area (TPSA) is 20.2 Å². The first-order chi connectivity index (χ1) is 9.61. The summed E-state index contributed by atoms with van der Waals surface area (Å²) < 4.78 is 0. The number of hydrogen-bond donors (Lipinski definition) is 1. The third kappa shape index (κ3) is 3.53. The van der Waals surface area contributed by atoms with Gasteiger partial charge in [0.1, 0.15) is 0 Å². The Balaban J connectivity index is 1.99. The van der Waals surface area contributed by atoms with E-state index < -0.39 is 8.07 Å². The summed E-state index contributed by atoms with van der Waals surface area (Å²) in [6.45, 7) is 7.52. The highest BCUT2D eigenvalue weighted by Gasteiger charge is 2.48. The van der Waals surface area contributed by atoms with Gasteiger partial charge >= 0.3 is 0 Å². The first kappa shape index (κ1) is 15.8. The van der Waals surface area contributed by atoms with Crippen LogP contribution in [-0.4, -0.2) is 19.8 Å². The lowest BCUT2D eigenvalue weighted by molar-refractivity contribution is 0.272. The number of hydrogen-bond acceptors (Lipinski definition) is 1. The summed E-state index contributed by atoms with van der Waals surface area (Å²) in [6.07, 6.45) is 6.80. The molecule has 1 aromatic rings. The number of rotatable bonds is 8. The van der Waals surface area contributed by atoms with E-state index in [9.17, 15) is 5.11 Å². The van der Waals surface area contributed by atoms with E-state index in [1.807, 2.05) is 0 Å². The molecule has 0 aliphatic heterocycles. The van der Waals surface area contributed by atoms with Gasteiger partial charge in [-0.1, -0.05) is 81.2 Å². The van der Waals surface area contributed by atoms with Crippen molar-refractivity contribution >= 4 is 13.3 Å². The SMILES string of the molecule is CCCCC[C@H]1C[C@H]1[C@H](CO)[Si](C)(C)c1ccccc1. The van der Waals surface area contributed by atoms with Crippen LogP contribution in [0.15, 0.2) is 30.3 Å². The Hall–Kier alpha value is -0.603. The predicted octanol–water partition coefficient (Wildman–Crippen LogP) is 4.18. The van der Waals surface area contributed by atoms with Gasteiger partial charge < -0.3 is 5.11 Å². The van der Waals surface area contributed by atoms with Gasteiger partial charge in [-0.2, -0.15) is 0 Å². The van der Waals surface area contributed by atoms with Crippen LogP contribution in [0.2, 0.25) is 18.6 Å². The summed E-state index contributed by atoms with van der Waals surface area (Å²) in [5.41, 5.74) is 0.538. The normalized spacial score (nSPS) is 23.6. The fourth-order valence-electron chi connectivity index (χ4n) is 3.73. The third-order valence-corrected chi connectivity index (χ3v) is 9.60. The first-order valence-electron chi connectivity index (χ1n) is 8.27. The minimum absolute atomic E-state index is 0.378. The molecule has 1 N–H and O–H groups in total. The van der Waals surface area contributed by atoms with E-state index in [1.54, 1.807) is 0 Å². The maximum absolute atomic E-state index is 9.96. The molecule has 0 aromatic heterocycles. The molecular formula is C18H30OSi. The van der Waals surface area contributed by atoms with Crippen molar-refractivity contribution < 1.29 is 5.11 Å². The number of aliphatic hydroxyl groups is 1. The molecule has 3 atom stereocenters. The van der Waals surface area contributed by atoms with Crippen molar-refractivity contribution in [1.29, 1.82) is 0 Å². The highest BCUT2D eigenvalue weighted by atomic mass is 28.3. The van der Waals surface area contributed by atoms with Crippen LogP contribution < -0.4 is 5.19 Å². The Labute approximate surface area is 125 Å². The molecule has 0 bridgehead atoms. The second-order valence-electron chi connectivity index (χ2n) is 7.03. The molecule has 2 heteroatoms. The van der Waals surface area contributed by atoms with Gasteiger partial charge in [-0.3, -0.25) is 0 Å². The molecule has 0 spiro atoms. The quantitative estimate of drug-likeness (QED) is 0.562. The van der Waals surface area contributed by atoms with Crippen molar-refractivity contribution in [2.75, 3.05) is 6.61 Å². The molecule has 0 heterocycles. The van der Waals surface area contributed by atoms with Gasteiger partial charge in [-0.05, 0) is 23.8 Å². The van der Waals surface area contributed by atoms with E-state index >= 15 is 0 Å². The second kappa shape index (κ2) is 6.90. The standard InChI is InChI=1S/C18H30OSi/c1-4-5-7-10-15-13-17(15)18(14-19)20(2,3)16-11-8-6-9-12-16/h6,8-9,11-12,15,17-19H,4-5,7,10,13-14H2,1-3H3/t15-,17+,18-/m0/s1. The molecule has 0 radical (unpaired) electrons. The minimum Gasteiger partial charge on any atom is -0.396 e. The second-order valence-corrected chi connectivity index (χ2v) is 11.8. The van der Waals surface area contributed by atoms with Gasteiger partial charge in [-0.15, -0.1) is 0 Å². The van der Waals surface area contributed by atoms with Crippen LogP contribution in [0.25, 0.3) is 0 Å². The molecule has 1 aliphatic rings. The largest absolute Gasteiger partial charge is 0.396 e. The van der Waals surface area contributed by atoms with E-state index in [0.717, 1.165) is 11.8 Å². The van der Waals surface area contributed by atoms with E-state index in [1.165, 1.54) is 37.3 Å². The average molecular weight is 291 g/mol. The Morgan fingerprint density at radius 3 is 2.50 bits per heavy atom. The maximum Gasteiger partial charge on any atom is 0.0862 e. The average Bonchev–Trinajstić information content (AvgIpc) is 3.20. The highest BCUT2D eigenvalue weighted by Crippen LogP contribution is 2.52. The smallest absolute Gasteiger partial charge is 0.0862 e. The molecule has 0 amide bonds. The van der Waals surface area contributed by atoms with Crippen LogP contribution in [0.4, 0.5) is 0 Å². The molecule has 0 unspecified atom stereocenters. The minimum atomic E-state index is -1.55. The molecular weight excluding hydrogens is 260 g/mol. The van der Waals surface area contributed by atoms with Crippen molar-refractivity contribution in [2.24, 2.45) is 11.8 Å². The number of benzene rings is 1. The Bertz CT molecular complexity index is 401. The fourth-order valence-corrected chi connectivity index (χ4v) is 7.15. The number of aliphatic hydroxyl groups excluding tert-OH is 1. The monoisotopic (exact) mass is 290 g/mol. The van der Waals surface area contributed by atoms with Crippen molar-refractivity contribution in [3.63, 3.8) is 0 Å². The molecule has 1 saturated carbocycles. The zero-order chi connectivity index (χ0) is 14.6. The Morgan fingerprint density at radius 2 is 1.90 bits per heavy atom. The molecule has 1 aromatic carbocycles. The zero-order valence-corrected chi connectivity index (χ0v) is 14.3. The summed E-state index contributed by atoms with van der Waals surface area (Å²) in [5.74, 6) is 1.69. The van der Waals surface area contributed by atoms with E-state index in [-0.39, 0.29) is 0 Å². The van der Waals surface area contributed by atoms with E-state index in [2.05, 4.69) is 50.3 Å². The van der Waals surface area contributed by atoms with E-state index in [4.69, 9.17) is 0 Å². The summed E-state index contributed by atoms with van der Waals surface area (Å²) in [7, 11) is -1.55. The maximum atomic E-state index is 9.96.